The standard InChI is InChI=1S/C17H16N2O3/c1-13(16(18)21-12-14-8-4-2-5-9-14)19-17(20)22-15-10-6-3-7-11-15/h2-11,18H,1,12H2,(H,19,20). The largest absolute Gasteiger partial charge is 0.472 e. The fourth-order valence-electron chi connectivity index (χ4n) is 1.62. The molecule has 2 rings (SSSR count). The van der Waals surface area contributed by atoms with Gasteiger partial charge in [-0.15, -0.1) is 0 Å². The van der Waals surface area contributed by atoms with E-state index >= 15 is 0 Å². The lowest BCUT2D eigenvalue weighted by Gasteiger charge is -2.11. The molecule has 0 aliphatic carbocycles. The van der Waals surface area contributed by atoms with Crippen molar-refractivity contribution in [1.29, 1.82) is 5.41 Å². The Morgan fingerprint density at radius 1 is 1.05 bits per heavy atom. The number of ether oxygens (including phenoxy) is 2. The molecule has 0 aromatic heterocycles. The Labute approximate surface area is 128 Å². The van der Waals surface area contributed by atoms with Crippen molar-refractivity contribution in [2.75, 3.05) is 0 Å². The van der Waals surface area contributed by atoms with Gasteiger partial charge in [0.05, 0.1) is 5.70 Å². The summed E-state index contributed by atoms with van der Waals surface area (Å²) in [6.45, 7) is 3.82. The number of para-hydroxylation sites is 1. The van der Waals surface area contributed by atoms with E-state index in [4.69, 9.17) is 14.9 Å². The fourth-order valence-corrected chi connectivity index (χ4v) is 1.62. The molecule has 1 amide bonds. The molecule has 2 N–H and O–H groups in total. The fraction of sp³-hybridized carbons (Fsp3) is 0.0588. The number of hydrogen-bond acceptors (Lipinski definition) is 4. The van der Waals surface area contributed by atoms with Crippen molar-refractivity contribution >= 4 is 12.0 Å². The third-order valence-electron chi connectivity index (χ3n) is 2.71. The summed E-state index contributed by atoms with van der Waals surface area (Å²) in [7, 11) is 0. The van der Waals surface area contributed by atoms with E-state index in [1.165, 1.54) is 0 Å². The summed E-state index contributed by atoms with van der Waals surface area (Å²) in [5.41, 5.74) is 0.962. The second-order valence-electron chi connectivity index (χ2n) is 4.41. The molecule has 2 aromatic rings. The number of carbonyl (C=O) groups is 1. The summed E-state index contributed by atoms with van der Waals surface area (Å²) in [5, 5.41) is 10.1. The first kappa shape index (κ1) is 15.3. The molecule has 0 saturated heterocycles. The number of rotatable bonds is 5. The highest BCUT2D eigenvalue weighted by molar-refractivity contribution is 5.93. The Kier molecular flexibility index (Phi) is 5.31. The highest BCUT2D eigenvalue weighted by Crippen LogP contribution is 2.09. The quantitative estimate of drug-likeness (QED) is 0.655. The van der Waals surface area contributed by atoms with E-state index < -0.39 is 6.09 Å². The minimum atomic E-state index is -0.718. The lowest BCUT2D eigenvalue weighted by Crippen LogP contribution is -2.30. The predicted molar refractivity (Wildman–Crippen MR) is 83.7 cm³/mol. The molecule has 22 heavy (non-hydrogen) atoms. The lowest BCUT2D eigenvalue weighted by molar-refractivity contribution is 0.203. The van der Waals surface area contributed by atoms with Crippen molar-refractivity contribution in [2.24, 2.45) is 0 Å². The number of benzene rings is 2. The summed E-state index contributed by atoms with van der Waals surface area (Å²) in [6, 6.07) is 18.1. The minimum absolute atomic E-state index is 0.0388. The van der Waals surface area contributed by atoms with Gasteiger partial charge >= 0.3 is 6.09 Å². The van der Waals surface area contributed by atoms with E-state index in [2.05, 4.69) is 11.9 Å². The first-order valence-corrected chi connectivity index (χ1v) is 6.63. The normalized spacial score (nSPS) is 9.64. The highest BCUT2D eigenvalue weighted by atomic mass is 16.6. The van der Waals surface area contributed by atoms with Gasteiger partial charge in [-0.25, -0.2) is 4.79 Å². The lowest BCUT2D eigenvalue weighted by atomic mass is 10.2. The molecule has 5 nitrogen and oxygen atoms in total. The van der Waals surface area contributed by atoms with Gasteiger partial charge in [-0.3, -0.25) is 10.7 Å². The van der Waals surface area contributed by atoms with Gasteiger partial charge in [0.1, 0.15) is 12.4 Å². The second kappa shape index (κ2) is 7.64. The molecule has 0 atom stereocenters. The molecule has 0 bridgehead atoms. The molecule has 0 aliphatic rings. The van der Waals surface area contributed by atoms with Crippen molar-refractivity contribution in [1.82, 2.24) is 5.32 Å². The van der Waals surface area contributed by atoms with E-state index in [-0.39, 0.29) is 18.2 Å². The molecule has 112 valence electrons. The Bertz CT molecular complexity index is 654. The van der Waals surface area contributed by atoms with E-state index in [1.54, 1.807) is 24.3 Å². The molecular weight excluding hydrogens is 280 g/mol. The van der Waals surface area contributed by atoms with Crippen LogP contribution in [0.15, 0.2) is 72.9 Å². The van der Waals surface area contributed by atoms with Gasteiger partial charge < -0.3 is 9.47 Å². The van der Waals surface area contributed by atoms with Gasteiger partial charge in [-0.05, 0) is 17.7 Å². The highest BCUT2D eigenvalue weighted by Gasteiger charge is 2.10. The summed E-state index contributed by atoms with van der Waals surface area (Å²) in [5.74, 6) is 0.193. The van der Waals surface area contributed by atoms with E-state index in [0.29, 0.717) is 5.75 Å². The molecule has 5 heteroatoms. The zero-order chi connectivity index (χ0) is 15.8. The van der Waals surface area contributed by atoms with Gasteiger partial charge in [0.2, 0.25) is 5.90 Å². The molecule has 0 spiro atoms. The van der Waals surface area contributed by atoms with E-state index in [0.717, 1.165) is 5.56 Å². The van der Waals surface area contributed by atoms with E-state index in [1.807, 2.05) is 36.4 Å². The molecule has 2 aromatic carbocycles. The van der Waals surface area contributed by atoms with Crippen LogP contribution in [0, 0.1) is 5.41 Å². The van der Waals surface area contributed by atoms with Crippen molar-refractivity contribution in [3.05, 3.63) is 78.5 Å². The summed E-state index contributed by atoms with van der Waals surface area (Å²) in [6.07, 6.45) is -0.718. The smallest absolute Gasteiger partial charge is 0.417 e. The maximum absolute atomic E-state index is 11.7. The SMILES string of the molecule is C=C(NC(=O)Oc1ccccc1)C(=N)OCc1ccccc1. The second-order valence-corrected chi connectivity index (χ2v) is 4.41. The van der Waals surface area contributed by atoms with Crippen LogP contribution in [-0.4, -0.2) is 12.0 Å². The Morgan fingerprint density at radius 3 is 2.27 bits per heavy atom. The van der Waals surface area contributed by atoms with Crippen molar-refractivity contribution in [3.63, 3.8) is 0 Å². The third kappa shape index (κ3) is 4.79. The Morgan fingerprint density at radius 2 is 1.64 bits per heavy atom. The van der Waals surface area contributed by atoms with Crippen LogP contribution >= 0.6 is 0 Å². The maximum atomic E-state index is 11.7. The first-order chi connectivity index (χ1) is 10.6. The van der Waals surface area contributed by atoms with Gasteiger partial charge in [0, 0.05) is 0 Å². The van der Waals surface area contributed by atoms with Crippen LogP contribution in [0.4, 0.5) is 4.79 Å². The number of amides is 1. The van der Waals surface area contributed by atoms with Crippen molar-refractivity contribution in [3.8, 4) is 5.75 Å². The third-order valence-corrected chi connectivity index (χ3v) is 2.71. The Balaban J connectivity index is 1.78. The molecule has 0 fully saturated rings. The van der Waals surface area contributed by atoms with Gasteiger partial charge in [-0.1, -0.05) is 55.1 Å². The van der Waals surface area contributed by atoms with Crippen LogP contribution < -0.4 is 10.1 Å². The maximum Gasteiger partial charge on any atom is 0.417 e. The average Bonchev–Trinajstić information content (AvgIpc) is 2.54. The zero-order valence-corrected chi connectivity index (χ0v) is 11.9. The molecular formula is C17H16N2O3. The topological polar surface area (TPSA) is 71.4 Å². The summed E-state index contributed by atoms with van der Waals surface area (Å²) < 4.78 is 10.3. The predicted octanol–water partition coefficient (Wildman–Crippen LogP) is 3.48. The van der Waals surface area contributed by atoms with Gasteiger partial charge in [0.15, 0.2) is 0 Å². The first-order valence-electron chi connectivity index (χ1n) is 6.63. The van der Waals surface area contributed by atoms with Crippen molar-refractivity contribution < 1.29 is 14.3 Å². The minimum Gasteiger partial charge on any atom is -0.472 e. The van der Waals surface area contributed by atoms with Crippen LogP contribution in [0.1, 0.15) is 5.56 Å². The van der Waals surface area contributed by atoms with Crippen molar-refractivity contribution in [2.45, 2.75) is 6.61 Å². The molecule has 0 heterocycles. The zero-order valence-electron chi connectivity index (χ0n) is 11.9. The van der Waals surface area contributed by atoms with Gasteiger partial charge in [-0.2, -0.15) is 0 Å². The molecule has 0 radical (unpaired) electrons. The molecule has 0 unspecified atom stereocenters. The Hall–Kier alpha value is -3.08. The molecule has 0 saturated carbocycles. The molecule has 0 aliphatic heterocycles. The number of hydrogen-bond donors (Lipinski definition) is 2. The van der Waals surface area contributed by atoms with Gasteiger partial charge in [0.25, 0.3) is 0 Å². The van der Waals surface area contributed by atoms with Crippen LogP contribution in [0.5, 0.6) is 5.75 Å². The summed E-state index contributed by atoms with van der Waals surface area (Å²) in [4.78, 5) is 11.7. The number of carbonyl (C=O) groups excluding carboxylic acids is 1. The average molecular weight is 296 g/mol. The number of nitrogens with one attached hydrogen (secondary N) is 2. The van der Waals surface area contributed by atoms with Crippen LogP contribution in [0.3, 0.4) is 0 Å². The van der Waals surface area contributed by atoms with Crippen LogP contribution in [-0.2, 0) is 11.3 Å². The van der Waals surface area contributed by atoms with E-state index in [9.17, 15) is 4.79 Å². The summed E-state index contributed by atoms with van der Waals surface area (Å²) >= 11 is 0. The monoisotopic (exact) mass is 296 g/mol. The van der Waals surface area contributed by atoms with Crippen LogP contribution in [0.2, 0.25) is 0 Å². The van der Waals surface area contributed by atoms with Crippen LogP contribution in [0.25, 0.3) is 0 Å².